The Labute approximate surface area is 126 Å². The summed E-state index contributed by atoms with van der Waals surface area (Å²) in [7, 11) is -4.27. The van der Waals surface area contributed by atoms with Crippen LogP contribution in [-0.4, -0.2) is 23.8 Å². The number of non-ortho nitro benzene ring substituents is 1. The van der Waals surface area contributed by atoms with Gasteiger partial charge in [-0.2, -0.15) is 8.42 Å². The van der Waals surface area contributed by atoms with Gasteiger partial charge in [-0.05, 0) is 24.3 Å². The molecule has 0 aliphatic heterocycles. The maximum absolute atomic E-state index is 10.5. The number of nitro groups is 1. The average Bonchev–Trinajstić information content (AvgIpc) is 2.48. The van der Waals surface area contributed by atoms with Gasteiger partial charge in [-0.25, -0.2) is 0 Å². The Morgan fingerprint density at radius 1 is 1.05 bits per heavy atom. The molecule has 0 bridgehead atoms. The summed E-state index contributed by atoms with van der Waals surface area (Å²) in [5, 5.41) is 10.2. The van der Waals surface area contributed by atoms with Gasteiger partial charge in [-0.3, -0.25) is 19.5 Å². The van der Waals surface area contributed by atoms with E-state index in [2.05, 4.69) is 0 Å². The van der Waals surface area contributed by atoms with Crippen LogP contribution in [0.3, 0.4) is 0 Å². The van der Waals surface area contributed by atoms with E-state index in [1.165, 1.54) is 0 Å². The van der Waals surface area contributed by atoms with Crippen molar-refractivity contribution in [2.75, 3.05) is 0 Å². The summed E-state index contributed by atoms with van der Waals surface area (Å²) in [6.07, 6.45) is 0. The third-order valence-corrected chi connectivity index (χ3v) is 3.27. The van der Waals surface area contributed by atoms with E-state index in [0.717, 1.165) is 24.3 Å². The van der Waals surface area contributed by atoms with Crippen molar-refractivity contribution in [3.8, 4) is 0 Å². The summed E-state index contributed by atoms with van der Waals surface area (Å²) < 4.78 is 29.5. The number of benzene rings is 2. The van der Waals surface area contributed by atoms with Crippen molar-refractivity contribution in [1.29, 1.82) is 0 Å². The van der Waals surface area contributed by atoms with Crippen molar-refractivity contribution in [2.24, 2.45) is 5.73 Å². The van der Waals surface area contributed by atoms with Gasteiger partial charge in [-0.1, -0.05) is 18.2 Å². The maximum Gasteiger partial charge on any atom is 0.294 e. The van der Waals surface area contributed by atoms with Crippen LogP contribution in [0.1, 0.15) is 10.4 Å². The fraction of sp³-hybridized carbons (Fsp3) is 0. The van der Waals surface area contributed by atoms with Gasteiger partial charge in [0, 0.05) is 17.7 Å². The zero-order chi connectivity index (χ0) is 16.8. The number of nitrogens with two attached hydrogens (primary N) is 1. The van der Waals surface area contributed by atoms with Crippen molar-refractivity contribution < 1.29 is 22.7 Å². The Kier molecular flexibility index (Phi) is 5.72. The smallest absolute Gasteiger partial charge is 0.294 e. The summed E-state index contributed by atoms with van der Waals surface area (Å²) >= 11 is 0. The molecular formula is C13H12N2O6S. The van der Waals surface area contributed by atoms with Crippen LogP contribution in [0, 0.1) is 10.1 Å². The number of hydrogen-bond acceptors (Lipinski definition) is 5. The lowest BCUT2D eigenvalue weighted by atomic mass is 10.2. The van der Waals surface area contributed by atoms with E-state index in [4.69, 9.17) is 10.3 Å². The van der Waals surface area contributed by atoms with Crippen LogP contribution < -0.4 is 5.73 Å². The van der Waals surface area contributed by atoms with Crippen LogP contribution in [0.25, 0.3) is 0 Å². The van der Waals surface area contributed by atoms with Gasteiger partial charge in [-0.15, -0.1) is 0 Å². The number of nitro benzene ring substituents is 1. The van der Waals surface area contributed by atoms with Crippen molar-refractivity contribution in [2.45, 2.75) is 4.90 Å². The van der Waals surface area contributed by atoms with Crippen LogP contribution in [-0.2, 0) is 10.1 Å². The number of hydrogen-bond donors (Lipinski definition) is 2. The van der Waals surface area contributed by atoms with E-state index in [1.807, 2.05) is 6.07 Å². The highest BCUT2D eigenvalue weighted by Crippen LogP contribution is 2.14. The van der Waals surface area contributed by atoms with E-state index in [9.17, 15) is 23.3 Å². The number of carbonyl (C=O) groups excluding carboxylic acids is 1. The molecule has 0 aromatic heterocycles. The monoisotopic (exact) mass is 324 g/mol. The lowest BCUT2D eigenvalue weighted by Crippen LogP contribution is -2.09. The largest absolute Gasteiger partial charge is 0.366 e. The van der Waals surface area contributed by atoms with Gasteiger partial charge >= 0.3 is 0 Å². The molecule has 0 saturated carbocycles. The molecule has 0 saturated heterocycles. The zero-order valence-electron chi connectivity index (χ0n) is 11.1. The lowest BCUT2D eigenvalue weighted by molar-refractivity contribution is -0.384. The van der Waals surface area contributed by atoms with E-state index >= 15 is 0 Å². The summed E-state index contributed by atoms with van der Waals surface area (Å²) in [5.74, 6) is -0.379. The third kappa shape index (κ3) is 5.31. The van der Waals surface area contributed by atoms with E-state index < -0.39 is 15.0 Å². The molecule has 2 rings (SSSR count). The second-order valence-electron chi connectivity index (χ2n) is 3.96. The van der Waals surface area contributed by atoms with Gasteiger partial charge in [0.2, 0.25) is 5.91 Å². The fourth-order valence-electron chi connectivity index (χ4n) is 1.34. The lowest BCUT2D eigenvalue weighted by Gasteiger charge is -1.94. The van der Waals surface area contributed by atoms with Crippen LogP contribution in [0.2, 0.25) is 0 Å². The highest BCUT2D eigenvalue weighted by atomic mass is 32.2. The molecule has 0 aliphatic carbocycles. The summed E-state index contributed by atoms with van der Waals surface area (Å²) in [5.41, 5.74) is 5.30. The van der Waals surface area contributed by atoms with Crippen LogP contribution in [0.5, 0.6) is 0 Å². The molecule has 0 aliphatic rings. The Bertz CT molecular complexity index is 757. The summed E-state index contributed by atoms with van der Waals surface area (Å²) in [6.45, 7) is 0. The standard InChI is InChI=1S/C7H7NO.C6H5NO5S/c8-7(9)6-4-2-1-3-5-6;8-7(9)5-1-3-6(4-2-5)13(10,11)12/h1-5H,(H2,8,9);1-4H,(H,10,11,12). The number of amides is 1. The molecule has 116 valence electrons. The SMILES string of the molecule is NC(=O)c1ccccc1.O=[N+]([O-])c1ccc(S(=O)(=O)O)cc1. The normalized spacial score (nSPS) is 10.2. The minimum absolute atomic E-state index is 0.229. The molecule has 1 amide bonds. The molecule has 3 N–H and O–H groups in total. The molecule has 0 radical (unpaired) electrons. The van der Waals surface area contributed by atoms with Gasteiger partial charge in [0.25, 0.3) is 15.8 Å². The second-order valence-corrected chi connectivity index (χ2v) is 5.38. The first kappa shape index (κ1) is 17.3. The number of rotatable bonds is 3. The molecular weight excluding hydrogens is 312 g/mol. The Morgan fingerprint density at radius 3 is 1.86 bits per heavy atom. The number of nitrogens with zero attached hydrogens (tertiary/aromatic N) is 1. The fourth-order valence-corrected chi connectivity index (χ4v) is 1.82. The molecule has 0 unspecified atom stereocenters. The molecule has 22 heavy (non-hydrogen) atoms. The molecule has 0 atom stereocenters. The molecule has 2 aromatic carbocycles. The van der Waals surface area contributed by atoms with Gasteiger partial charge in [0.15, 0.2) is 0 Å². The van der Waals surface area contributed by atoms with Crippen LogP contribution >= 0.6 is 0 Å². The van der Waals surface area contributed by atoms with Gasteiger partial charge in [0.05, 0.1) is 9.82 Å². The molecule has 9 heteroatoms. The number of carbonyl (C=O) groups is 1. The molecule has 2 aromatic rings. The highest BCUT2D eigenvalue weighted by molar-refractivity contribution is 7.85. The van der Waals surface area contributed by atoms with E-state index in [-0.39, 0.29) is 16.5 Å². The Hall–Kier alpha value is -2.78. The van der Waals surface area contributed by atoms with E-state index in [1.54, 1.807) is 24.3 Å². The Balaban J connectivity index is 0.000000235. The topological polar surface area (TPSA) is 141 Å². The summed E-state index contributed by atoms with van der Waals surface area (Å²) in [6, 6.07) is 12.7. The molecule has 0 heterocycles. The van der Waals surface area contributed by atoms with Crippen LogP contribution in [0.15, 0.2) is 59.5 Å². The highest BCUT2D eigenvalue weighted by Gasteiger charge is 2.11. The third-order valence-electron chi connectivity index (χ3n) is 2.40. The van der Waals surface area contributed by atoms with Crippen molar-refractivity contribution in [3.05, 3.63) is 70.3 Å². The van der Waals surface area contributed by atoms with Crippen LogP contribution in [0.4, 0.5) is 5.69 Å². The first-order valence-corrected chi connectivity index (χ1v) is 7.22. The van der Waals surface area contributed by atoms with Crippen molar-refractivity contribution >= 4 is 21.7 Å². The minimum Gasteiger partial charge on any atom is -0.366 e. The number of primary amides is 1. The van der Waals surface area contributed by atoms with Crippen molar-refractivity contribution in [3.63, 3.8) is 0 Å². The molecule has 8 nitrogen and oxygen atoms in total. The van der Waals surface area contributed by atoms with Gasteiger partial charge in [0.1, 0.15) is 0 Å². The predicted octanol–water partition coefficient (Wildman–Crippen LogP) is 1.63. The molecule has 0 fully saturated rings. The minimum atomic E-state index is -4.27. The maximum atomic E-state index is 10.5. The molecule has 0 spiro atoms. The first-order valence-electron chi connectivity index (χ1n) is 5.78. The average molecular weight is 324 g/mol. The Morgan fingerprint density at radius 2 is 1.55 bits per heavy atom. The summed E-state index contributed by atoms with van der Waals surface area (Å²) in [4.78, 5) is 19.6. The van der Waals surface area contributed by atoms with E-state index in [0.29, 0.717) is 5.56 Å². The predicted molar refractivity (Wildman–Crippen MR) is 77.9 cm³/mol. The van der Waals surface area contributed by atoms with Gasteiger partial charge < -0.3 is 5.73 Å². The van der Waals surface area contributed by atoms with Crippen molar-refractivity contribution in [1.82, 2.24) is 0 Å². The second kappa shape index (κ2) is 7.29. The quantitative estimate of drug-likeness (QED) is 0.499. The first-order chi connectivity index (χ1) is 10.2. The zero-order valence-corrected chi connectivity index (χ0v) is 11.9.